The molecule has 1 aromatic carbocycles. The molecule has 0 atom stereocenters. The molecule has 0 aliphatic heterocycles. The zero-order chi connectivity index (χ0) is 13.9. The largest absolute Gasteiger partial charge is 0.494 e. The van der Waals surface area contributed by atoms with Crippen molar-refractivity contribution in [3.05, 3.63) is 29.8 Å². The van der Waals surface area contributed by atoms with E-state index in [2.05, 4.69) is 50.4 Å². The van der Waals surface area contributed by atoms with Gasteiger partial charge in [0.1, 0.15) is 5.75 Å². The Morgan fingerprint density at radius 3 is 2.42 bits per heavy atom. The van der Waals surface area contributed by atoms with Crippen LogP contribution in [0.25, 0.3) is 0 Å². The Labute approximate surface area is 118 Å². The summed E-state index contributed by atoms with van der Waals surface area (Å²) in [6.07, 6.45) is 5.98. The summed E-state index contributed by atoms with van der Waals surface area (Å²) in [7, 11) is 0. The molecule has 0 amide bonds. The van der Waals surface area contributed by atoms with E-state index in [1.54, 1.807) is 0 Å². The van der Waals surface area contributed by atoms with E-state index >= 15 is 0 Å². The standard InChI is InChI=1S/C17H29NO/c1-4-5-8-16-9-11-17(12-10-16)19-14-7-6-13-18-15(2)3/h9-12,15,18H,4-8,13-14H2,1-3H3. The second kappa shape index (κ2) is 9.85. The minimum Gasteiger partial charge on any atom is -0.494 e. The highest BCUT2D eigenvalue weighted by Crippen LogP contribution is 2.14. The lowest BCUT2D eigenvalue weighted by Crippen LogP contribution is -2.23. The lowest BCUT2D eigenvalue weighted by molar-refractivity contribution is 0.305. The number of benzene rings is 1. The predicted octanol–water partition coefficient (Wildman–Crippen LogP) is 4.19. The first-order valence-electron chi connectivity index (χ1n) is 7.67. The van der Waals surface area contributed by atoms with E-state index in [1.165, 1.54) is 31.2 Å². The Hall–Kier alpha value is -1.02. The van der Waals surface area contributed by atoms with Crippen molar-refractivity contribution < 1.29 is 4.74 Å². The minimum absolute atomic E-state index is 0.580. The number of hydrogen-bond acceptors (Lipinski definition) is 2. The second-order valence-electron chi connectivity index (χ2n) is 5.41. The van der Waals surface area contributed by atoms with Gasteiger partial charge in [-0.2, -0.15) is 0 Å². The van der Waals surface area contributed by atoms with Gasteiger partial charge in [-0.25, -0.2) is 0 Å². The summed E-state index contributed by atoms with van der Waals surface area (Å²) in [6, 6.07) is 9.14. The number of unbranched alkanes of at least 4 members (excludes halogenated alkanes) is 2. The van der Waals surface area contributed by atoms with Gasteiger partial charge >= 0.3 is 0 Å². The van der Waals surface area contributed by atoms with Crippen LogP contribution in [-0.4, -0.2) is 19.2 Å². The maximum Gasteiger partial charge on any atom is 0.119 e. The molecule has 0 saturated heterocycles. The first-order valence-corrected chi connectivity index (χ1v) is 7.67. The van der Waals surface area contributed by atoms with Crippen LogP contribution in [0.1, 0.15) is 52.0 Å². The summed E-state index contributed by atoms with van der Waals surface area (Å²) >= 11 is 0. The maximum atomic E-state index is 5.74. The van der Waals surface area contributed by atoms with Crippen LogP contribution in [0.3, 0.4) is 0 Å². The van der Waals surface area contributed by atoms with Crippen molar-refractivity contribution >= 4 is 0 Å². The van der Waals surface area contributed by atoms with Gasteiger partial charge in [-0.15, -0.1) is 0 Å². The molecule has 0 aliphatic rings. The molecule has 0 aliphatic carbocycles. The smallest absolute Gasteiger partial charge is 0.119 e. The van der Waals surface area contributed by atoms with Crippen LogP contribution in [0.4, 0.5) is 0 Å². The molecule has 1 N–H and O–H groups in total. The second-order valence-corrected chi connectivity index (χ2v) is 5.41. The monoisotopic (exact) mass is 263 g/mol. The zero-order valence-corrected chi connectivity index (χ0v) is 12.7. The highest BCUT2D eigenvalue weighted by atomic mass is 16.5. The van der Waals surface area contributed by atoms with Gasteiger partial charge in [0.05, 0.1) is 6.61 Å². The van der Waals surface area contributed by atoms with E-state index in [9.17, 15) is 0 Å². The molecular weight excluding hydrogens is 234 g/mol. The van der Waals surface area contributed by atoms with Gasteiger partial charge < -0.3 is 10.1 Å². The Kier molecular flexibility index (Phi) is 8.31. The van der Waals surface area contributed by atoms with Gasteiger partial charge in [-0.3, -0.25) is 0 Å². The molecular formula is C17H29NO. The number of nitrogens with one attached hydrogen (secondary N) is 1. The van der Waals surface area contributed by atoms with Crippen LogP contribution in [0.15, 0.2) is 24.3 Å². The van der Waals surface area contributed by atoms with Gasteiger partial charge in [0.25, 0.3) is 0 Å². The maximum absolute atomic E-state index is 5.74. The average molecular weight is 263 g/mol. The minimum atomic E-state index is 0.580. The van der Waals surface area contributed by atoms with Crippen LogP contribution in [0.2, 0.25) is 0 Å². The summed E-state index contributed by atoms with van der Waals surface area (Å²) < 4.78 is 5.74. The predicted molar refractivity (Wildman–Crippen MR) is 82.9 cm³/mol. The number of hydrogen-bond donors (Lipinski definition) is 1. The van der Waals surface area contributed by atoms with Gasteiger partial charge in [0.15, 0.2) is 0 Å². The van der Waals surface area contributed by atoms with Crippen LogP contribution < -0.4 is 10.1 Å². The molecule has 0 unspecified atom stereocenters. The Morgan fingerprint density at radius 1 is 1.05 bits per heavy atom. The fourth-order valence-corrected chi connectivity index (χ4v) is 1.94. The SMILES string of the molecule is CCCCc1ccc(OCCCCNC(C)C)cc1. The Morgan fingerprint density at radius 2 is 1.79 bits per heavy atom. The first kappa shape index (κ1) is 16.0. The van der Waals surface area contributed by atoms with Crippen molar-refractivity contribution in [2.75, 3.05) is 13.2 Å². The van der Waals surface area contributed by atoms with E-state index in [-0.39, 0.29) is 0 Å². The Balaban J connectivity index is 2.12. The molecule has 1 aromatic rings. The Bertz CT molecular complexity index is 319. The van der Waals surface area contributed by atoms with Crippen LogP contribution in [-0.2, 0) is 6.42 Å². The molecule has 0 radical (unpaired) electrons. The van der Waals surface area contributed by atoms with E-state index in [1.807, 2.05) is 0 Å². The van der Waals surface area contributed by atoms with Crippen molar-refractivity contribution in [2.24, 2.45) is 0 Å². The highest BCUT2D eigenvalue weighted by Gasteiger charge is 1.96. The molecule has 0 fully saturated rings. The molecule has 108 valence electrons. The molecule has 0 aromatic heterocycles. The van der Waals surface area contributed by atoms with Crippen molar-refractivity contribution in [3.63, 3.8) is 0 Å². The van der Waals surface area contributed by atoms with Crippen LogP contribution >= 0.6 is 0 Å². The molecule has 2 nitrogen and oxygen atoms in total. The molecule has 19 heavy (non-hydrogen) atoms. The lowest BCUT2D eigenvalue weighted by atomic mass is 10.1. The molecule has 0 heterocycles. The van der Waals surface area contributed by atoms with Crippen LogP contribution in [0.5, 0.6) is 5.75 Å². The first-order chi connectivity index (χ1) is 9.22. The summed E-state index contributed by atoms with van der Waals surface area (Å²) in [5.74, 6) is 0.997. The van der Waals surface area contributed by atoms with Crippen molar-refractivity contribution in [1.29, 1.82) is 0 Å². The number of ether oxygens (including phenoxy) is 1. The molecule has 0 saturated carbocycles. The van der Waals surface area contributed by atoms with Gasteiger partial charge in [-0.05, 0) is 49.9 Å². The average Bonchev–Trinajstić information content (AvgIpc) is 2.41. The number of rotatable bonds is 10. The third kappa shape index (κ3) is 7.89. The summed E-state index contributed by atoms with van der Waals surface area (Å²) in [5, 5.41) is 3.42. The third-order valence-corrected chi connectivity index (χ3v) is 3.13. The normalized spacial score (nSPS) is 10.9. The van der Waals surface area contributed by atoms with Crippen molar-refractivity contribution in [1.82, 2.24) is 5.32 Å². The van der Waals surface area contributed by atoms with Crippen molar-refractivity contribution in [2.45, 2.75) is 58.9 Å². The fraction of sp³-hybridized carbons (Fsp3) is 0.647. The van der Waals surface area contributed by atoms with E-state index in [0.29, 0.717) is 6.04 Å². The lowest BCUT2D eigenvalue weighted by Gasteiger charge is -2.09. The van der Waals surface area contributed by atoms with E-state index < -0.39 is 0 Å². The van der Waals surface area contributed by atoms with Crippen LogP contribution in [0, 0.1) is 0 Å². The summed E-state index contributed by atoms with van der Waals surface area (Å²) in [6.45, 7) is 8.48. The van der Waals surface area contributed by atoms with Gasteiger partial charge in [0, 0.05) is 6.04 Å². The quantitative estimate of drug-likeness (QED) is 0.639. The summed E-state index contributed by atoms with van der Waals surface area (Å²) in [5.41, 5.74) is 1.41. The van der Waals surface area contributed by atoms with Gasteiger partial charge in [-0.1, -0.05) is 39.3 Å². The molecule has 0 bridgehead atoms. The molecule has 0 spiro atoms. The zero-order valence-electron chi connectivity index (χ0n) is 12.7. The molecule has 2 heteroatoms. The highest BCUT2D eigenvalue weighted by molar-refractivity contribution is 5.27. The van der Waals surface area contributed by atoms with E-state index in [4.69, 9.17) is 4.74 Å². The number of aryl methyl sites for hydroxylation is 1. The fourth-order valence-electron chi connectivity index (χ4n) is 1.94. The molecule has 1 rings (SSSR count). The third-order valence-electron chi connectivity index (χ3n) is 3.13. The van der Waals surface area contributed by atoms with E-state index in [0.717, 1.165) is 25.3 Å². The van der Waals surface area contributed by atoms with Gasteiger partial charge in [0.2, 0.25) is 0 Å². The summed E-state index contributed by atoms with van der Waals surface area (Å²) in [4.78, 5) is 0. The van der Waals surface area contributed by atoms with Crippen molar-refractivity contribution in [3.8, 4) is 5.75 Å². The topological polar surface area (TPSA) is 21.3 Å².